The highest BCUT2D eigenvalue weighted by Gasteiger charge is 2.27. The number of aromatic nitrogens is 2. The van der Waals surface area contributed by atoms with Gasteiger partial charge >= 0.3 is 0 Å². The molecule has 0 fully saturated rings. The Labute approximate surface area is 184 Å². The van der Waals surface area contributed by atoms with Gasteiger partial charge in [0, 0.05) is 18.0 Å². The number of thiophene rings is 1. The maximum atomic E-state index is 13.0. The molecule has 156 valence electrons. The van der Waals surface area contributed by atoms with Crippen molar-refractivity contribution in [1.82, 2.24) is 15.1 Å². The van der Waals surface area contributed by atoms with Crippen LogP contribution >= 0.6 is 23.1 Å². The first-order valence-electron chi connectivity index (χ1n) is 10.5. The van der Waals surface area contributed by atoms with Crippen LogP contribution in [0.3, 0.4) is 0 Å². The lowest BCUT2D eigenvalue weighted by molar-refractivity contribution is -0.131. The number of hydrogen-bond donors (Lipinski definition) is 0. The van der Waals surface area contributed by atoms with Gasteiger partial charge in [-0.05, 0) is 61.3 Å². The van der Waals surface area contributed by atoms with E-state index in [1.807, 2.05) is 17.9 Å². The molecule has 3 heterocycles. The van der Waals surface area contributed by atoms with Gasteiger partial charge in [-0.2, -0.15) is 0 Å². The summed E-state index contributed by atoms with van der Waals surface area (Å²) in [7, 11) is 0. The molecule has 0 bridgehead atoms. The molecule has 1 amide bonds. The topological polar surface area (TPSA) is 59.2 Å². The summed E-state index contributed by atoms with van der Waals surface area (Å²) < 4.78 is 5.92. The van der Waals surface area contributed by atoms with Gasteiger partial charge in [-0.15, -0.1) is 21.5 Å². The molecule has 2 aromatic heterocycles. The molecule has 0 saturated heterocycles. The molecule has 5 nitrogen and oxygen atoms in total. The van der Waals surface area contributed by atoms with E-state index in [9.17, 15) is 4.79 Å². The van der Waals surface area contributed by atoms with Crippen molar-refractivity contribution in [1.29, 1.82) is 0 Å². The van der Waals surface area contributed by atoms with E-state index in [0.717, 1.165) is 36.6 Å². The summed E-state index contributed by atoms with van der Waals surface area (Å²) in [6, 6.07) is 10.6. The molecular weight excluding hydrogens is 414 g/mol. The first kappa shape index (κ1) is 19.8. The van der Waals surface area contributed by atoms with Crippen LogP contribution in [0, 0.1) is 5.92 Å². The highest BCUT2D eigenvalue weighted by molar-refractivity contribution is 8.00. The zero-order chi connectivity index (χ0) is 20.7. The second-order valence-corrected chi connectivity index (χ2v) is 10.7. The summed E-state index contributed by atoms with van der Waals surface area (Å²) in [4.78, 5) is 17.4. The smallest absolute Gasteiger partial charge is 0.277 e. The Hall–Kier alpha value is -2.12. The minimum Gasteiger partial charge on any atom is -0.410 e. The fourth-order valence-electron chi connectivity index (χ4n) is 4.31. The Morgan fingerprint density at radius 1 is 1.23 bits per heavy atom. The van der Waals surface area contributed by atoms with E-state index in [0.29, 0.717) is 17.7 Å². The molecule has 1 aliphatic carbocycles. The van der Waals surface area contributed by atoms with Crippen molar-refractivity contribution in [3.05, 3.63) is 51.9 Å². The van der Waals surface area contributed by atoms with Crippen LogP contribution in [0.5, 0.6) is 0 Å². The summed E-state index contributed by atoms with van der Waals surface area (Å²) in [6.07, 6.45) is 4.43. The fourth-order valence-corrected chi connectivity index (χ4v) is 6.21. The predicted molar refractivity (Wildman–Crippen MR) is 120 cm³/mol. The summed E-state index contributed by atoms with van der Waals surface area (Å²) >= 11 is 3.12. The molecule has 0 N–H and O–H groups in total. The lowest BCUT2D eigenvalue weighted by Crippen LogP contribution is -2.40. The van der Waals surface area contributed by atoms with Crippen LogP contribution < -0.4 is 0 Å². The first-order valence-corrected chi connectivity index (χ1v) is 12.2. The maximum Gasteiger partial charge on any atom is 0.277 e. The van der Waals surface area contributed by atoms with Gasteiger partial charge in [0.05, 0.1) is 10.1 Å². The molecule has 1 aliphatic heterocycles. The van der Waals surface area contributed by atoms with Crippen molar-refractivity contribution < 1.29 is 9.21 Å². The molecule has 0 radical (unpaired) electrons. The van der Waals surface area contributed by atoms with Crippen molar-refractivity contribution in [2.24, 2.45) is 5.92 Å². The molecule has 2 aliphatic rings. The Balaban J connectivity index is 1.25. The second-order valence-electron chi connectivity index (χ2n) is 8.32. The van der Waals surface area contributed by atoms with Gasteiger partial charge in [0.25, 0.3) is 11.1 Å². The van der Waals surface area contributed by atoms with Crippen LogP contribution in [-0.4, -0.2) is 32.8 Å². The summed E-state index contributed by atoms with van der Waals surface area (Å²) in [6.45, 7) is 5.66. The van der Waals surface area contributed by atoms with Crippen molar-refractivity contribution >= 4 is 29.0 Å². The largest absolute Gasteiger partial charge is 0.410 e. The molecule has 5 rings (SSSR count). The van der Waals surface area contributed by atoms with Gasteiger partial charge in [0.15, 0.2) is 0 Å². The fraction of sp³-hybridized carbons (Fsp3) is 0.435. The molecule has 1 aromatic carbocycles. The summed E-state index contributed by atoms with van der Waals surface area (Å²) in [5.41, 5.74) is 4.01. The minimum atomic E-state index is -0.263. The maximum absolute atomic E-state index is 13.0. The zero-order valence-corrected chi connectivity index (χ0v) is 18.9. The summed E-state index contributed by atoms with van der Waals surface area (Å²) in [5, 5.41) is 8.65. The first-order chi connectivity index (χ1) is 14.6. The third-order valence-corrected chi connectivity index (χ3v) is 8.16. The van der Waals surface area contributed by atoms with E-state index in [1.165, 1.54) is 39.8 Å². The number of carbonyl (C=O) groups is 1. The van der Waals surface area contributed by atoms with Gasteiger partial charge in [0.2, 0.25) is 5.91 Å². The number of amides is 1. The Morgan fingerprint density at radius 2 is 2.07 bits per heavy atom. The number of nitrogens with zero attached hydrogens (tertiary/aromatic N) is 3. The monoisotopic (exact) mass is 439 g/mol. The van der Waals surface area contributed by atoms with E-state index in [2.05, 4.69) is 41.4 Å². The predicted octanol–water partition coefficient (Wildman–Crippen LogP) is 4.99. The lowest BCUT2D eigenvalue weighted by Gasteiger charge is -2.30. The van der Waals surface area contributed by atoms with E-state index >= 15 is 0 Å². The van der Waals surface area contributed by atoms with Gasteiger partial charge < -0.3 is 9.32 Å². The molecule has 30 heavy (non-hydrogen) atoms. The van der Waals surface area contributed by atoms with E-state index in [-0.39, 0.29) is 11.2 Å². The molecule has 3 aromatic rings. The van der Waals surface area contributed by atoms with Crippen LogP contribution in [-0.2, 0) is 30.6 Å². The SMILES string of the molecule is C[C@H]1CCc2sc(-c3nnc(S[C@@H](C)C(=O)N4CCc5ccccc5C4)o3)cc2C1. The number of carbonyl (C=O) groups excluding carboxylic acids is 1. The van der Waals surface area contributed by atoms with Crippen LogP contribution in [0.4, 0.5) is 0 Å². The van der Waals surface area contributed by atoms with Crippen LogP contribution in [0.2, 0.25) is 0 Å². The van der Waals surface area contributed by atoms with Crippen LogP contribution in [0.15, 0.2) is 40.0 Å². The number of rotatable bonds is 4. The molecule has 0 saturated carbocycles. The normalized spacial score (nSPS) is 19.3. The Morgan fingerprint density at radius 3 is 2.93 bits per heavy atom. The molecule has 2 atom stereocenters. The van der Waals surface area contributed by atoms with E-state index < -0.39 is 0 Å². The Kier molecular flexibility index (Phi) is 5.41. The zero-order valence-electron chi connectivity index (χ0n) is 17.3. The van der Waals surface area contributed by atoms with Gasteiger partial charge in [0.1, 0.15) is 0 Å². The standard InChI is InChI=1S/C23H25N3O2S2/c1-14-7-8-19-18(11-14)12-20(30-19)21-24-25-23(28-21)29-15(2)22(27)26-10-9-16-5-3-4-6-17(16)13-26/h3-6,12,14-15H,7-11,13H2,1-2H3/t14-,15-/m0/s1. The average molecular weight is 440 g/mol. The number of aryl methyl sites for hydroxylation is 1. The molecule has 7 heteroatoms. The molecule has 0 spiro atoms. The highest BCUT2D eigenvalue weighted by atomic mass is 32.2. The quantitative estimate of drug-likeness (QED) is 0.536. The van der Waals surface area contributed by atoms with E-state index in [1.54, 1.807) is 11.3 Å². The van der Waals surface area contributed by atoms with Crippen molar-refractivity contribution in [2.45, 2.75) is 56.5 Å². The lowest BCUT2D eigenvalue weighted by atomic mass is 9.90. The van der Waals surface area contributed by atoms with Crippen molar-refractivity contribution in [3.8, 4) is 10.8 Å². The third kappa shape index (κ3) is 3.93. The minimum absolute atomic E-state index is 0.120. The van der Waals surface area contributed by atoms with Gasteiger partial charge in [-0.25, -0.2) is 0 Å². The highest BCUT2D eigenvalue weighted by Crippen LogP contribution is 2.37. The Bertz CT molecular complexity index is 1070. The average Bonchev–Trinajstić information content (AvgIpc) is 3.39. The van der Waals surface area contributed by atoms with E-state index in [4.69, 9.17) is 4.42 Å². The molecular formula is C23H25N3O2S2. The van der Waals surface area contributed by atoms with Gasteiger partial charge in [-0.1, -0.05) is 43.0 Å². The summed E-state index contributed by atoms with van der Waals surface area (Å²) in [5.74, 6) is 1.42. The number of hydrogen-bond acceptors (Lipinski definition) is 6. The van der Waals surface area contributed by atoms with Gasteiger partial charge in [-0.3, -0.25) is 4.79 Å². The van der Waals surface area contributed by atoms with Crippen LogP contribution in [0.1, 0.15) is 41.8 Å². The van der Waals surface area contributed by atoms with Crippen molar-refractivity contribution in [3.63, 3.8) is 0 Å². The molecule has 0 unspecified atom stereocenters. The number of fused-ring (bicyclic) bond motifs is 2. The number of benzene rings is 1. The van der Waals surface area contributed by atoms with Crippen molar-refractivity contribution in [2.75, 3.05) is 6.54 Å². The number of thioether (sulfide) groups is 1. The van der Waals surface area contributed by atoms with Crippen LogP contribution in [0.25, 0.3) is 10.8 Å². The second kappa shape index (κ2) is 8.19. The third-order valence-electron chi connectivity index (χ3n) is 6.01.